The van der Waals surface area contributed by atoms with Gasteiger partial charge in [-0.15, -0.1) is 0 Å². The van der Waals surface area contributed by atoms with Crippen molar-refractivity contribution >= 4 is 23.1 Å². The largest absolute Gasteiger partial charge is 0.494 e. The first-order chi connectivity index (χ1) is 15.5. The number of rotatable bonds is 11. The van der Waals surface area contributed by atoms with E-state index in [2.05, 4.69) is 17.2 Å². The maximum absolute atomic E-state index is 11.5. The first kappa shape index (κ1) is 23.4. The van der Waals surface area contributed by atoms with Gasteiger partial charge in [-0.25, -0.2) is 4.98 Å². The highest BCUT2D eigenvalue weighted by atomic mass is 16.5. The van der Waals surface area contributed by atoms with E-state index in [1.807, 2.05) is 58.0 Å². The molecule has 0 saturated carbocycles. The minimum absolute atomic E-state index is 0.190. The average molecular weight is 437 g/mol. The molecule has 0 atom stereocenters. The summed E-state index contributed by atoms with van der Waals surface area (Å²) in [6.07, 6.45) is 2.83. The van der Waals surface area contributed by atoms with Gasteiger partial charge >= 0.3 is 5.97 Å². The third-order valence-electron chi connectivity index (χ3n) is 5.28. The van der Waals surface area contributed by atoms with Gasteiger partial charge in [-0.3, -0.25) is 4.79 Å². The van der Waals surface area contributed by atoms with Gasteiger partial charge in [0, 0.05) is 19.0 Å². The highest BCUT2D eigenvalue weighted by Gasteiger charge is 2.14. The fraction of sp³-hybridized carbons (Fsp3) is 0.385. The fourth-order valence-electron chi connectivity index (χ4n) is 3.73. The van der Waals surface area contributed by atoms with Crippen LogP contribution in [0.4, 0.5) is 0 Å². The van der Waals surface area contributed by atoms with Gasteiger partial charge in [0.2, 0.25) is 0 Å². The summed E-state index contributed by atoms with van der Waals surface area (Å²) >= 11 is 0. The summed E-state index contributed by atoms with van der Waals surface area (Å²) in [6, 6.07) is 10.1. The second-order valence-electron chi connectivity index (χ2n) is 7.61. The van der Waals surface area contributed by atoms with Crippen LogP contribution in [0.25, 0.3) is 17.1 Å². The van der Waals surface area contributed by atoms with Crippen LogP contribution in [0.5, 0.6) is 11.5 Å². The Morgan fingerprint density at radius 1 is 1.09 bits per heavy atom. The first-order valence-electron chi connectivity index (χ1n) is 11.1. The zero-order chi connectivity index (χ0) is 23.1. The smallest absolute Gasteiger partial charge is 0.305 e. The molecule has 170 valence electrons. The van der Waals surface area contributed by atoms with Crippen LogP contribution in [0.1, 0.15) is 49.2 Å². The van der Waals surface area contributed by atoms with E-state index in [1.54, 1.807) is 0 Å². The summed E-state index contributed by atoms with van der Waals surface area (Å²) < 4.78 is 18.7. The van der Waals surface area contributed by atoms with Gasteiger partial charge in [-0.2, -0.15) is 0 Å². The van der Waals surface area contributed by atoms with Crippen molar-refractivity contribution in [3.8, 4) is 11.5 Å². The molecule has 1 aromatic heterocycles. The molecular formula is C26H32N2O4. The summed E-state index contributed by atoms with van der Waals surface area (Å²) in [5.41, 5.74) is 5.23. The number of aryl methyl sites for hydroxylation is 2. The summed E-state index contributed by atoms with van der Waals surface area (Å²) in [4.78, 5) is 16.3. The van der Waals surface area contributed by atoms with Gasteiger partial charge in [0.15, 0.2) is 0 Å². The maximum atomic E-state index is 11.5. The van der Waals surface area contributed by atoms with Gasteiger partial charge in [-0.05, 0) is 69.0 Å². The van der Waals surface area contributed by atoms with E-state index in [9.17, 15) is 4.79 Å². The number of ether oxygens (including phenoxy) is 3. The third-order valence-corrected chi connectivity index (χ3v) is 5.28. The Morgan fingerprint density at radius 3 is 2.62 bits per heavy atom. The summed E-state index contributed by atoms with van der Waals surface area (Å²) in [5, 5.41) is 0. The molecule has 0 aliphatic rings. The molecule has 0 unspecified atom stereocenters. The fourth-order valence-corrected chi connectivity index (χ4v) is 3.73. The maximum Gasteiger partial charge on any atom is 0.305 e. The Kier molecular flexibility index (Phi) is 7.92. The standard InChI is InChI=1S/C26H32N2O4/c1-6-20-15-22(30-7-2)12-11-21(20)17-28-19(5)27-26-18(4)14-23(16-24(26)28)32-13-9-10-25(29)31-8-3/h6,11-12,14-16H,1,7-10,13,17H2,2-5H3. The number of benzene rings is 2. The molecule has 0 aliphatic carbocycles. The lowest BCUT2D eigenvalue weighted by Crippen LogP contribution is -2.07. The molecule has 0 fully saturated rings. The van der Waals surface area contributed by atoms with Gasteiger partial charge in [0.1, 0.15) is 17.3 Å². The molecule has 0 radical (unpaired) electrons. The van der Waals surface area contributed by atoms with E-state index in [0.717, 1.165) is 45.0 Å². The highest BCUT2D eigenvalue weighted by Crippen LogP contribution is 2.28. The molecule has 0 spiro atoms. The monoisotopic (exact) mass is 436 g/mol. The number of carbonyl (C=O) groups excluding carboxylic acids is 1. The van der Waals surface area contributed by atoms with Crippen LogP contribution in [0, 0.1) is 13.8 Å². The lowest BCUT2D eigenvalue weighted by molar-refractivity contribution is -0.143. The van der Waals surface area contributed by atoms with Crippen LogP contribution in [0.15, 0.2) is 36.9 Å². The zero-order valence-corrected chi connectivity index (χ0v) is 19.4. The van der Waals surface area contributed by atoms with Gasteiger partial charge < -0.3 is 18.8 Å². The summed E-state index contributed by atoms with van der Waals surface area (Å²) in [7, 11) is 0. The Hall–Kier alpha value is -3.28. The van der Waals surface area contributed by atoms with Crippen LogP contribution in [-0.2, 0) is 16.1 Å². The second-order valence-corrected chi connectivity index (χ2v) is 7.61. The molecule has 0 bridgehead atoms. The lowest BCUT2D eigenvalue weighted by atomic mass is 10.1. The molecule has 2 aromatic carbocycles. The predicted octanol–water partition coefficient (Wildman–Crippen LogP) is 5.47. The quantitative estimate of drug-likeness (QED) is 0.295. The molecule has 0 aliphatic heterocycles. The van der Waals surface area contributed by atoms with E-state index in [0.29, 0.717) is 39.2 Å². The molecule has 6 heteroatoms. The molecule has 3 aromatic rings. The first-order valence-corrected chi connectivity index (χ1v) is 11.1. The van der Waals surface area contributed by atoms with Crippen molar-refractivity contribution in [2.45, 2.75) is 47.1 Å². The summed E-state index contributed by atoms with van der Waals surface area (Å²) in [5.74, 6) is 2.36. The van der Waals surface area contributed by atoms with Crippen LogP contribution in [0.3, 0.4) is 0 Å². The average Bonchev–Trinajstić information content (AvgIpc) is 3.08. The predicted molar refractivity (Wildman–Crippen MR) is 127 cm³/mol. The number of hydrogen-bond donors (Lipinski definition) is 0. The van der Waals surface area contributed by atoms with E-state index >= 15 is 0 Å². The number of hydrogen-bond acceptors (Lipinski definition) is 5. The van der Waals surface area contributed by atoms with Crippen molar-refractivity contribution in [1.82, 2.24) is 9.55 Å². The molecule has 0 N–H and O–H groups in total. The van der Waals surface area contributed by atoms with E-state index in [4.69, 9.17) is 19.2 Å². The van der Waals surface area contributed by atoms with Gasteiger partial charge in [0.25, 0.3) is 0 Å². The Bertz CT molecular complexity index is 1100. The molecule has 0 amide bonds. The Labute approximate surface area is 189 Å². The highest BCUT2D eigenvalue weighted by molar-refractivity contribution is 5.81. The minimum atomic E-state index is -0.190. The number of fused-ring (bicyclic) bond motifs is 1. The lowest BCUT2D eigenvalue weighted by Gasteiger charge is -2.13. The molecule has 0 saturated heterocycles. The SMILES string of the molecule is C=Cc1cc(OCC)ccc1Cn1c(C)nc2c(C)cc(OCCCC(=O)OCC)cc21. The van der Waals surface area contributed by atoms with Crippen molar-refractivity contribution in [2.24, 2.45) is 0 Å². The Morgan fingerprint density at radius 2 is 1.91 bits per heavy atom. The van der Waals surface area contributed by atoms with Crippen molar-refractivity contribution in [3.63, 3.8) is 0 Å². The van der Waals surface area contributed by atoms with Crippen molar-refractivity contribution < 1.29 is 19.0 Å². The zero-order valence-electron chi connectivity index (χ0n) is 19.4. The third kappa shape index (κ3) is 5.49. The van der Waals surface area contributed by atoms with Crippen LogP contribution in [0.2, 0.25) is 0 Å². The van der Waals surface area contributed by atoms with Crippen LogP contribution in [-0.4, -0.2) is 35.3 Å². The van der Waals surface area contributed by atoms with Crippen molar-refractivity contribution in [1.29, 1.82) is 0 Å². The number of carbonyl (C=O) groups is 1. The van der Waals surface area contributed by atoms with Crippen LogP contribution < -0.4 is 9.47 Å². The van der Waals surface area contributed by atoms with E-state index < -0.39 is 0 Å². The normalized spacial score (nSPS) is 10.9. The van der Waals surface area contributed by atoms with Crippen molar-refractivity contribution in [3.05, 3.63) is 59.4 Å². The molecule has 6 nitrogen and oxygen atoms in total. The number of imidazole rings is 1. The molecule has 32 heavy (non-hydrogen) atoms. The summed E-state index contributed by atoms with van der Waals surface area (Å²) in [6.45, 7) is 14.0. The number of aromatic nitrogens is 2. The molecule has 1 heterocycles. The van der Waals surface area contributed by atoms with Crippen LogP contribution >= 0.6 is 0 Å². The van der Waals surface area contributed by atoms with Gasteiger partial charge in [0.05, 0.1) is 30.9 Å². The topological polar surface area (TPSA) is 62.6 Å². The van der Waals surface area contributed by atoms with E-state index in [-0.39, 0.29) is 5.97 Å². The minimum Gasteiger partial charge on any atom is -0.494 e. The second kappa shape index (κ2) is 10.8. The Balaban J connectivity index is 1.83. The van der Waals surface area contributed by atoms with E-state index in [1.165, 1.54) is 0 Å². The number of nitrogens with zero attached hydrogens (tertiary/aromatic N) is 2. The van der Waals surface area contributed by atoms with Crippen molar-refractivity contribution in [2.75, 3.05) is 19.8 Å². The molecule has 3 rings (SSSR count). The number of esters is 1. The molecular weight excluding hydrogens is 404 g/mol. The van der Waals surface area contributed by atoms with Gasteiger partial charge in [-0.1, -0.05) is 18.7 Å².